The Labute approximate surface area is 63.7 Å². The van der Waals surface area contributed by atoms with Gasteiger partial charge in [-0.2, -0.15) is 5.26 Å². The van der Waals surface area contributed by atoms with Crippen LogP contribution in [0.3, 0.4) is 0 Å². The normalized spacial score (nSPS) is 9.62. The fourth-order valence-corrected chi connectivity index (χ4v) is 0.0913. The number of nitrogens with zero attached hydrogens (tertiary/aromatic N) is 1. The maximum atomic E-state index is 7.95. The molecule has 0 spiro atoms. The summed E-state index contributed by atoms with van der Waals surface area (Å²) >= 11 is 0. The molecule has 0 N–H and O–H groups in total. The zero-order chi connectivity index (χ0) is 4.99. The summed E-state index contributed by atoms with van der Waals surface area (Å²) in [5, 5.41) is 7.95. The van der Waals surface area contributed by atoms with Crippen LogP contribution in [-0.2, 0) is 4.52 Å². The fourth-order valence-electron chi connectivity index (χ4n) is 0.0304. The van der Waals surface area contributed by atoms with Gasteiger partial charge in [-0.05, 0) is 6.92 Å². The van der Waals surface area contributed by atoms with Crippen molar-refractivity contribution in [1.82, 2.24) is 0 Å². The molecule has 0 saturated carbocycles. The quantitative estimate of drug-likeness (QED) is 0.567. The second-order valence-electron chi connectivity index (χ2n) is 0.907. The molecule has 0 heterocycles. The topological polar surface area (TPSA) is 33.0 Å². The average molecular weight is 176 g/mol. The number of nitriles is 1. The third-order valence-electron chi connectivity index (χ3n) is 0.386. The van der Waals surface area contributed by atoms with Crippen molar-refractivity contribution < 1.29 is 4.52 Å². The van der Waals surface area contributed by atoms with Crippen LogP contribution in [0.15, 0.2) is 0 Å². The smallest absolute Gasteiger partial charge is 0.144 e. The number of rotatable bonds is 1. The first kappa shape index (κ1) is 15.8. The third kappa shape index (κ3) is 9.68. The summed E-state index contributed by atoms with van der Waals surface area (Å²) in [6.45, 7) is 1.67. The van der Waals surface area contributed by atoms with Crippen LogP contribution < -0.4 is 0 Å². The van der Waals surface area contributed by atoms with E-state index in [1.165, 1.54) is 0 Å². The van der Waals surface area contributed by atoms with Crippen molar-refractivity contribution in [2.24, 2.45) is 0 Å². The zero-order valence-electron chi connectivity index (χ0n) is 4.33. The highest BCUT2D eigenvalue weighted by molar-refractivity contribution is 7.09. The molecule has 0 rings (SSSR count). The molecule has 2 unspecified atom stereocenters. The first-order chi connectivity index (χ1) is 2.81. The molecule has 5 heteroatoms. The van der Waals surface area contributed by atoms with Crippen molar-refractivity contribution in [2.45, 2.75) is 13.0 Å². The van der Waals surface area contributed by atoms with E-state index in [1.807, 2.05) is 15.5 Å². The van der Waals surface area contributed by atoms with Crippen molar-refractivity contribution in [3.63, 3.8) is 0 Å². The lowest BCUT2D eigenvalue weighted by molar-refractivity contribution is 0.326. The maximum Gasteiger partial charge on any atom is 0.144 e. The van der Waals surface area contributed by atoms with Gasteiger partial charge in [-0.1, -0.05) is 0 Å². The minimum Gasteiger partial charge on any atom is -0.348 e. The summed E-state index contributed by atoms with van der Waals surface area (Å²) < 4.78 is 4.45. The first-order valence-electron chi connectivity index (χ1n) is 1.56. The number of halogens is 2. The maximum absolute atomic E-state index is 7.95. The molecular formula is C3H8Cl2NOP. The lowest BCUT2D eigenvalue weighted by Gasteiger charge is -1.91. The lowest BCUT2D eigenvalue weighted by atomic mass is 10.5. The van der Waals surface area contributed by atoms with Crippen molar-refractivity contribution in [2.75, 3.05) is 0 Å². The molecule has 0 fully saturated rings. The number of hydrogen-bond acceptors (Lipinski definition) is 2. The highest BCUT2D eigenvalue weighted by Crippen LogP contribution is 1.91. The minimum atomic E-state index is -0.296. The van der Waals surface area contributed by atoms with Gasteiger partial charge in [0.1, 0.15) is 6.10 Å². The van der Waals surface area contributed by atoms with Crippen LogP contribution >= 0.6 is 34.3 Å². The molecule has 2 nitrogen and oxygen atoms in total. The van der Waals surface area contributed by atoms with Gasteiger partial charge in [-0.3, -0.25) is 0 Å². The van der Waals surface area contributed by atoms with Gasteiger partial charge in [-0.25, -0.2) is 0 Å². The molecule has 50 valence electrons. The largest absolute Gasteiger partial charge is 0.348 e. The van der Waals surface area contributed by atoms with Gasteiger partial charge in [-0.15, -0.1) is 24.8 Å². The Kier molecular flexibility index (Phi) is 20.6. The lowest BCUT2D eigenvalue weighted by Crippen LogP contribution is -1.92. The third-order valence-corrected chi connectivity index (χ3v) is 0.794. The van der Waals surface area contributed by atoms with E-state index in [1.54, 1.807) is 6.92 Å². The molecule has 0 aromatic heterocycles. The van der Waals surface area contributed by atoms with E-state index in [9.17, 15) is 0 Å². The molecule has 0 aromatic carbocycles. The minimum absolute atomic E-state index is 0. The fraction of sp³-hybridized carbons (Fsp3) is 0.667. The molecule has 2 atom stereocenters. The molecule has 0 aliphatic heterocycles. The van der Waals surface area contributed by atoms with Gasteiger partial charge in [0.15, 0.2) is 0 Å². The van der Waals surface area contributed by atoms with Gasteiger partial charge in [0.05, 0.1) is 6.07 Å². The molecule has 0 saturated heterocycles. The predicted octanol–water partition coefficient (Wildman–Crippen LogP) is 1.55. The van der Waals surface area contributed by atoms with Crippen molar-refractivity contribution in [1.29, 1.82) is 5.26 Å². The van der Waals surface area contributed by atoms with E-state index in [2.05, 4.69) is 4.52 Å². The number of hydrogen-bond donors (Lipinski definition) is 0. The molecular weight excluding hydrogens is 168 g/mol. The average Bonchev–Trinajstić information content (AvgIpc) is 1.65. The van der Waals surface area contributed by atoms with E-state index in [-0.39, 0.29) is 30.9 Å². The van der Waals surface area contributed by atoms with E-state index in [0.717, 1.165) is 0 Å². The predicted molar refractivity (Wildman–Crippen MR) is 40.4 cm³/mol. The first-order valence-corrected chi connectivity index (χ1v) is 2.03. The second-order valence-corrected chi connectivity index (χ2v) is 1.18. The molecule has 0 amide bonds. The molecule has 0 aliphatic rings. The van der Waals surface area contributed by atoms with Crippen LogP contribution in [0.4, 0.5) is 0 Å². The van der Waals surface area contributed by atoms with E-state index < -0.39 is 0 Å². The van der Waals surface area contributed by atoms with Gasteiger partial charge in [0.2, 0.25) is 0 Å². The monoisotopic (exact) mass is 175 g/mol. The van der Waals surface area contributed by atoms with E-state index >= 15 is 0 Å². The van der Waals surface area contributed by atoms with Crippen LogP contribution in [0.25, 0.3) is 0 Å². The van der Waals surface area contributed by atoms with Crippen LogP contribution in [0, 0.1) is 11.3 Å². The van der Waals surface area contributed by atoms with Crippen LogP contribution in [0.2, 0.25) is 0 Å². The molecule has 0 aliphatic carbocycles. The summed E-state index contributed by atoms with van der Waals surface area (Å²) in [5.41, 5.74) is 0. The van der Waals surface area contributed by atoms with Crippen LogP contribution in [-0.4, -0.2) is 6.10 Å². The Morgan fingerprint density at radius 3 is 2.00 bits per heavy atom. The Hall–Kier alpha value is 0.460. The SMILES string of the molecule is CC(C#N)OP.Cl.Cl. The standard InChI is InChI=1S/C3H6NOP.2ClH/c1-3(2-4)5-6;;/h3H,6H2,1H3;2*1H. The Balaban J connectivity index is -0.000000125. The summed E-state index contributed by atoms with van der Waals surface area (Å²) in [6, 6.07) is 1.87. The highest BCUT2D eigenvalue weighted by Gasteiger charge is 1.88. The van der Waals surface area contributed by atoms with Crippen LogP contribution in [0.1, 0.15) is 6.92 Å². The molecule has 0 bridgehead atoms. The molecule has 0 radical (unpaired) electrons. The summed E-state index contributed by atoms with van der Waals surface area (Å²) in [6.07, 6.45) is -0.296. The van der Waals surface area contributed by atoms with E-state index in [4.69, 9.17) is 5.26 Å². The van der Waals surface area contributed by atoms with Gasteiger partial charge < -0.3 is 4.52 Å². The Morgan fingerprint density at radius 1 is 1.62 bits per heavy atom. The van der Waals surface area contributed by atoms with Gasteiger partial charge in [0.25, 0.3) is 0 Å². The zero-order valence-corrected chi connectivity index (χ0v) is 7.11. The summed E-state index contributed by atoms with van der Waals surface area (Å²) in [5.74, 6) is 0. The molecule has 8 heavy (non-hydrogen) atoms. The second kappa shape index (κ2) is 10.4. The van der Waals surface area contributed by atoms with Gasteiger partial charge in [0, 0.05) is 9.47 Å². The van der Waals surface area contributed by atoms with Crippen molar-refractivity contribution in [3.8, 4) is 6.07 Å². The van der Waals surface area contributed by atoms with Crippen molar-refractivity contribution in [3.05, 3.63) is 0 Å². The Morgan fingerprint density at radius 2 is 2.00 bits per heavy atom. The van der Waals surface area contributed by atoms with Crippen molar-refractivity contribution >= 4 is 34.3 Å². The van der Waals surface area contributed by atoms with Gasteiger partial charge >= 0.3 is 0 Å². The van der Waals surface area contributed by atoms with Crippen LogP contribution in [0.5, 0.6) is 0 Å². The Bertz CT molecular complexity index is 74.2. The highest BCUT2D eigenvalue weighted by atomic mass is 35.5. The summed E-state index contributed by atoms with van der Waals surface area (Å²) in [7, 11) is 2.02. The molecule has 0 aromatic rings. The van der Waals surface area contributed by atoms with E-state index in [0.29, 0.717) is 0 Å². The summed E-state index contributed by atoms with van der Waals surface area (Å²) in [4.78, 5) is 0.